The van der Waals surface area contributed by atoms with E-state index in [-0.39, 0.29) is 11.5 Å². The molecule has 1 aliphatic heterocycles. The molecule has 0 saturated carbocycles. The first-order chi connectivity index (χ1) is 12.0. The van der Waals surface area contributed by atoms with Crippen LogP contribution in [-0.4, -0.2) is 31.9 Å². The molecule has 0 unspecified atom stereocenters. The summed E-state index contributed by atoms with van der Waals surface area (Å²) >= 11 is 0. The molecule has 0 bridgehead atoms. The van der Waals surface area contributed by atoms with Crippen molar-refractivity contribution in [1.82, 2.24) is 19.4 Å². The van der Waals surface area contributed by atoms with Crippen molar-refractivity contribution in [3.63, 3.8) is 0 Å². The van der Waals surface area contributed by atoms with Crippen LogP contribution in [0, 0.1) is 13.8 Å². The number of nitrogens with zero attached hydrogens (tertiary/aromatic N) is 3. The average Bonchev–Trinajstić information content (AvgIpc) is 2.91. The molecule has 0 saturated heterocycles. The zero-order chi connectivity index (χ0) is 17.7. The number of amides is 1. The average molecular weight is 336 g/mol. The van der Waals surface area contributed by atoms with E-state index in [0.717, 1.165) is 22.2 Å². The highest BCUT2D eigenvalue weighted by molar-refractivity contribution is 5.99. The Morgan fingerprint density at radius 2 is 2.08 bits per heavy atom. The maximum Gasteiger partial charge on any atom is 0.256 e. The first kappa shape index (κ1) is 15.6. The summed E-state index contributed by atoms with van der Waals surface area (Å²) in [6, 6.07) is 5.75. The molecule has 3 heterocycles. The van der Waals surface area contributed by atoms with E-state index in [0.29, 0.717) is 30.8 Å². The van der Waals surface area contributed by atoms with Crippen LogP contribution in [0.1, 0.15) is 32.9 Å². The fraction of sp³-hybridized carbons (Fsp3) is 0.316. The second kappa shape index (κ2) is 5.58. The largest absolute Gasteiger partial charge is 0.358 e. The Hall–Kier alpha value is -2.89. The Morgan fingerprint density at radius 3 is 2.88 bits per heavy atom. The van der Waals surface area contributed by atoms with Crippen LogP contribution in [0.15, 0.2) is 29.3 Å². The third kappa shape index (κ3) is 2.45. The van der Waals surface area contributed by atoms with Crippen molar-refractivity contribution >= 4 is 16.8 Å². The molecule has 0 radical (unpaired) electrons. The molecule has 1 aromatic carbocycles. The summed E-state index contributed by atoms with van der Waals surface area (Å²) in [6.45, 7) is 5.01. The van der Waals surface area contributed by atoms with E-state index < -0.39 is 0 Å². The minimum absolute atomic E-state index is 0.0167. The van der Waals surface area contributed by atoms with Gasteiger partial charge in [0.2, 0.25) is 0 Å². The number of hydrogen-bond donors (Lipinski definition) is 1. The molecule has 0 atom stereocenters. The topological polar surface area (TPSA) is 71.0 Å². The van der Waals surface area contributed by atoms with E-state index in [9.17, 15) is 9.59 Å². The van der Waals surface area contributed by atoms with E-state index in [2.05, 4.69) is 16.9 Å². The number of carbonyl (C=O) groups is 1. The van der Waals surface area contributed by atoms with Gasteiger partial charge in [0.05, 0.1) is 18.6 Å². The quantitative estimate of drug-likeness (QED) is 0.739. The lowest BCUT2D eigenvalue weighted by molar-refractivity contribution is 0.0731. The number of hydrogen-bond acceptors (Lipinski definition) is 3. The van der Waals surface area contributed by atoms with Crippen molar-refractivity contribution in [2.24, 2.45) is 7.05 Å². The molecule has 6 heteroatoms. The van der Waals surface area contributed by atoms with Crippen LogP contribution in [-0.2, 0) is 20.0 Å². The predicted molar refractivity (Wildman–Crippen MR) is 95.7 cm³/mol. The van der Waals surface area contributed by atoms with Crippen molar-refractivity contribution in [2.75, 3.05) is 6.54 Å². The van der Waals surface area contributed by atoms with E-state index >= 15 is 0 Å². The number of benzene rings is 1. The highest BCUT2D eigenvalue weighted by Crippen LogP contribution is 2.24. The zero-order valence-corrected chi connectivity index (χ0v) is 14.6. The molecule has 1 aliphatic rings. The van der Waals surface area contributed by atoms with Crippen LogP contribution in [0.4, 0.5) is 0 Å². The van der Waals surface area contributed by atoms with Gasteiger partial charge in [-0.3, -0.25) is 9.59 Å². The molecular formula is C19H20N4O2. The first-order valence-electron chi connectivity index (χ1n) is 8.37. The van der Waals surface area contributed by atoms with E-state index in [1.54, 1.807) is 11.9 Å². The lowest BCUT2D eigenvalue weighted by Gasteiger charge is -2.28. The normalized spacial score (nSPS) is 14.0. The van der Waals surface area contributed by atoms with Crippen molar-refractivity contribution in [3.05, 3.63) is 63.0 Å². The molecule has 3 aromatic rings. The molecule has 2 aromatic heterocycles. The van der Waals surface area contributed by atoms with Crippen molar-refractivity contribution in [2.45, 2.75) is 26.8 Å². The standard InChI is InChI=1S/C19H20N4O2/c1-11-12(2)21-16-5-4-13(8-15(11)16)18(24)23-7-6-14-17(9-23)20-10-22(3)19(14)25/h4-5,8,10,21H,6-7,9H2,1-3H3. The van der Waals surface area contributed by atoms with Gasteiger partial charge in [0.25, 0.3) is 11.5 Å². The summed E-state index contributed by atoms with van der Waals surface area (Å²) < 4.78 is 1.49. The highest BCUT2D eigenvalue weighted by Gasteiger charge is 2.25. The second-order valence-corrected chi connectivity index (χ2v) is 6.70. The molecule has 1 N–H and O–H groups in total. The lowest BCUT2D eigenvalue weighted by Crippen LogP contribution is -2.40. The summed E-state index contributed by atoms with van der Waals surface area (Å²) in [6.07, 6.45) is 2.07. The van der Waals surface area contributed by atoms with Gasteiger partial charge >= 0.3 is 0 Å². The van der Waals surface area contributed by atoms with Crippen LogP contribution in [0.5, 0.6) is 0 Å². The van der Waals surface area contributed by atoms with Gasteiger partial charge in [-0.2, -0.15) is 0 Å². The Labute approximate surface area is 145 Å². The van der Waals surface area contributed by atoms with Crippen LogP contribution >= 0.6 is 0 Å². The Kier molecular flexibility index (Phi) is 3.49. The molecule has 25 heavy (non-hydrogen) atoms. The fourth-order valence-electron chi connectivity index (χ4n) is 3.47. The minimum atomic E-state index is -0.0201. The van der Waals surface area contributed by atoms with Gasteiger partial charge in [-0.05, 0) is 44.0 Å². The van der Waals surface area contributed by atoms with Gasteiger partial charge in [-0.15, -0.1) is 0 Å². The fourth-order valence-corrected chi connectivity index (χ4v) is 3.47. The van der Waals surface area contributed by atoms with Crippen molar-refractivity contribution in [1.29, 1.82) is 0 Å². The summed E-state index contributed by atoms with van der Waals surface area (Å²) in [5.74, 6) is -0.0201. The SMILES string of the molecule is Cc1[nH]c2ccc(C(=O)N3CCc4c(ncn(C)c4=O)C3)cc2c1C. The molecule has 0 aliphatic carbocycles. The number of H-pyrrole nitrogens is 1. The number of aromatic nitrogens is 3. The van der Waals surface area contributed by atoms with Crippen LogP contribution in [0.2, 0.25) is 0 Å². The minimum Gasteiger partial charge on any atom is -0.358 e. The lowest BCUT2D eigenvalue weighted by atomic mass is 10.0. The van der Waals surface area contributed by atoms with Crippen molar-refractivity contribution < 1.29 is 4.79 Å². The van der Waals surface area contributed by atoms with Crippen LogP contribution in [0.3, 0.4) is 0 Å². The third-order valence-corrected chi connectivity index (χ3v) is 5.13. The maximum absolute atomic E-state index is 12.9. The molecule has 4 rings (SSSR count). The number of rotatable bonds is 1. The second-order valence-electron chi connectivity index (χ2n) is 6.70. The van der Waals surface area contributed by atoms with Gasteiger partial charge in [-0.1, -0.05) is 0 Å². The van der Waals surface area contributed by atoms with E-state index in [1.165, 1.54) is 16.5 Å². The van der Waals surface area contributed by atoms with E-state index in [1.807, 2.05) is 25.1 Å². The Morgan fingerprint density at radius 1 is 1.28 bits per heavy atom. The van der Waals surface area contributed by atoms with Gasteiger partial charge < -0.3 is 14.5 Å². The monoisotopic (exact) mass is 336 g/mol. The number of carbonyl (C=O) groups excluding carboxylic acids is 1. The summed E-state index contributed by atoms with van der Waals surface area (Å²) in [5, 5.41) is 1.08. The maximum atomic E-state index is 12.9. The summed E-state index contributed by atoms with van der Waals surface area (Å²) in [7, 11) is 1.70. The molecule has 128 valence electrons. The van der Waals surface area contributed by atoms with Gasteiger partial charge in [0.1, 0.15) is 0 Å². The number of fused-ring (bicyclic) bond motifs is 2. The Bertz CT molecular complexity index is 1060. The number of nitrogens with one attached hydrogen (secondary N) is 1. The smallest absolute Gasteiger partial charge is 0.256 e. The van der Waals surface area contributed by atoms with Crippen molar-refractivity contribution in [3.8, 4) is 0 Å². The molecular weight excluding hydrogens is 316 g/mol. The molecule has 1 amide bonds. The van der Waals surface area contributed by atoms with E-state index in [4.69, 9.17) is 0 Å². The third-order valence-electron chi connectivity index (χ3n) is 5.13. The summed E-state index contributed by atoms with van der Waals surface area (Å²) in [4.78, 5) is 34.5. The van der Waals surface area contributed by atoms with Crippen LogP contribution in [0.25, 0.3) is 10.9 Å². The van der Waals surface area contributed by atoms with Gasteiger partial charge in [-0.25, -0.2) is 4.98 Å². The number of aryl methyl sites for hydroxylation is 3. The zero-order valence-electron chi connectivity index (χ0n) is 14.6. The van der Waals surface area contributed by atoms with Gasteiger partial charge in [0.15, 0.2) is 0 Å². The molecule has 6 nitrogen and oxygen atoms in total. The van der Waals surface area contributed by atoms with Gasteiger partial charge in [0, 0.05) is 41.3 Å². The molecule has 0 fully saturated rings. The molecule has 0 spiro atoms. The highest BCUT2D eigenvalue weighted by atomic mass is 16.2. The predicted octanol–water partition coefficient (Wildman–Crippen LogP) is 2.08. The Balaban J connectivity index is 1.66. The number of aromatic amines is 1. The first-order valence-corrected chi connectivity index (χ1v) is 8.37. The summed E-state index contributed by atoms with van der Waals surface area (Å²) in [5.41, 5.74) is 5.41. The van der Waals surface area contributed by atoms with Crippen LogP contribution < -0.4 is 5.56 Å².